The summed E-state index contributed by atoms with van der Waals surface area (Å²) in [5, 5.41) is 5.06. The van der Waals surface area contributed by atoms with Crippen LogP contribution >= 0.6 is 0 Å². The summed E-state index contributed by atoms with van der Waals surface area (Å²) in [5.74, 6) is 0. The van der Waals surface area contributed by atoms with Crippen LogP contribution in [0.2, 0.25) is 0 Å². The molecule has 8 rings (SSSR count). The molecule has 0 fully saturated rings. The second-order valence-corrected chi connectivity index (χ2v) is 11.2. The molecule has 0 heteroatoms. The minimum Gasteiger partial charge on any atom is -0.0622 e. The third-order valence-electron chi connectivity index (χ3n) is 8.69. The maximum Gasteiger partial charge on any atom is -0.00199 e. The fourth-order valence-corrected chi connectivity index (χ4v) is 6.72. The van der Waals surface area contributed by atoms with Crippen molar-refractivity contribution >= 4 is 21.5 Å². The molecule has 0 radical (unpaired) electrons. The molecule has 0 atom stereocenters. The Labute approximate surface area is 258 Å². The van der Waals surface area contributed by atoms with Gasteiger partial charge >= 0.3 is 0 Å². The van der Waals surface area contributed by atoms with Crippen LogP contribution in [-0.2, 0) is 0 Å². The van der Waals surface area contributed by atoms with Crippen molar-refractivity contribution in [2.24, 2.45) is 0 Å². The summed E-state index contributed by atoms with van der Waals surface area (Å²) in [5.41, 5.74) is 12.4. The lowest BCUT2D eigenvalue weighted by Crippen LogP contribution is -1.94. The highest BCUT2D eigenvalue weighted by molar-refractivity contribution is 6.22. The van der Waals surface area contributed by atoms with E-state index in [2.05, 4.69) is 182 Å². The minimum absolute atomic E-state index is 1.21. The first kappa shape index (κ1) is 25.9. The maximum absolute atomic E-state index is 2.31. The highest BCUT2D eigenvalue weighted by atomic mass is 14.2. The molecular formula is C44H30. The predicted molar refractivity (Wildman–Crippen MR) is 189 cm³/mol. The van der Waals surface area contributed by atoms with E-state index in [0.717, 1.165) is 0 Å². The fourth-order valence-electron chi connectivity index (χ4n) is 6.72. The molecule has 0 spiro atoms. The van der Waals surface area contributed by atoms with Crippen LogP contribution in [0.5, 0.6) is 0 Å². The standard InChI is InChI=1S/C44H30/c1-4-15-31(16-5-1)32-27-29-33(30-28-32)36-25-14-26-41(42(36)34-17-6-2-7-18-34)44-39-23-12-10-21-37(39)43(35-19-8-3-9-20-35)38-22-11-13-24-40(38)44/h1-30H. The molecule has 0 aliphatic rings. The van der Waals surface area contributed by atoms with Crippen molar-refractivity contribution in [2.45, 2.75) is 0 Å². The first-order valence-corrected chi connectivity index (χ1v) is 15.2. The molecule has 0 heterocycles. The van der Waals surface area contributed by atoms with Gasteiger partial charge in [0, 0.05) is 0 Å². The van der Waals surface area contributed by atoms with Crippen LogP contribution in [0.25, 0.3) is 77.2 Å². The molecule has 0 bridgehead atoms. The van der Waals surface area contributed by atoms with E-state index in [-0.39, 0.29) is 0 Å². The van der Waals surface area contributed by atoms with Crippen molar-refractivity contribution < 1.29 is 0 Å². The van der Waals surface area contributed by atoms with Crippen LogP contribution in [-0.4, -0.2) is 0 Å². The monoisotopic (exact) mass is 558 g/mol. The van der Waals surface area contributed by atoms with Crippen LogP contribution < -0.4 is 0 Å². The number of hydrogen-bond acceptors (Lipinski definition) is 0. The first-order valence-electron chi connectivity index (χ1n) is 15.2. The van der Waals surface area contributed by atoms with Gasteiger partial charge in [0.2, 0.25) is 0 Å². The summed E-state index contributed by atoms with van der Waals surface area (Å²) in [4.78, 5) is 0. The van der Waals surface area contributed by atoms with Crippen LogP contribution in [0.15, 0.2) is 182 Å². The van der Waals surface area contributed by atoms with Crippen molar-refractivity contribution in [2.75, 3.05) is 0 Å². The fraction of sp³-hybridized carbons (Fsp3) is 0. The summed E-state index contributed by atoms with van der Waals surface area (Å²) >= 11 is 0. The van der Waals surface area contributed by atoms with Gasteiger partial charge < -0.3 is 0 Å². The smallest absolute Gasteiger partial charge is 0.00199 e. The molecule has 0 aromatic heterocycles. The highest BCUT2D eigenvalue weighted by Gasteiger charge is 2.20. The Balaban J connectivity index is 1.43. The Kier molecular flexibility index (Phi) is 6.59. The first-order chi connectivity index (χ1) is 21.9. The summed E-state index contributed by atoms with van der Waals surface area (Å²) in [7, 11) is 0. The van der Waals surface area contributed by atoms with Gasteiger partial charge in [0.25, 0.3) is 0 Å². The molecule has 8 aromatic carbocycles. The van der Waals surface area contributed by atoms with Crippen molar-refractivity contribution in [1.29, 1.82) is 0 Å². The quantitative estimate of drug-likeness (QED) is 0.184. The molecule has 0 aliphatic carbocycles. The Morgan fingerprint density at radius 1 is 0.182 bits per heavy atom. The number of rotatable bonds is 5. The molecule has 0 unspecified atom stereocenters. The van der Waals surface area contributed by atoms with E-state index in [1.165, 1.54) is 77.2 Å². The molecule has 206 valence electrons. The van der Waals surface area contributed by atoms with Crippen LogP contribution in [0.4, 0.5) is 0 Å². The van der Waals surface area contributed by atoms with E-state index in [4.69, 9.17) is 0 Å². The van der Waals surface area contributed by atoms with E-state index >= 15 is 0 Å². The predicted octanol–water partition coefficient (Wildman–Crippen LogP) is 12.3. The lowest BCUT2D eigenvalue weighted by Gasteiger charge is -2.21. The van der Waals surface area contributed by atoms with E-state index in [0.29, 0.717) is 0 Å². The van der Waals surface area contributed by atoms with E-state index in [9.17, 15) is 0 Å². The van der Waals surface area contributed by atoms with Gasteiger partial charge in [-0.15, -0.1) is 0 Å². The molecular weight excluding hydrogens is 528 g/mol. The Bertz CT molecular complexity index is 2170. The van der Waals surface area contributed by atoms with Gasteiger partial charge in [-0.25, -0.2) is 0 Å². The lowest BCUT2D eigenvalue weighted by atomic mass is 9.81. The second kappa shape index (κ2) is 11.2. The second-order valence-electron chi connectivity index (χ2n) is 11.2. The molecule has 0 saturated heterocycles. The maximum atomic E-state index is 2.31. The van der Waals surface area contributed by atoms with Gasteiger partial charge in [-0.05, 0) is 77.2 Å². The molecule has 0 N–H and O–H groups in total. The minimum atomic E-state index is 1.21. The van der Waals surface area contributed by atoms with Crippen molar-refractivity contribution in [3.05, 3.63) is 182 Å². The Morgan fingerprint density at radius 2 is 0.545 bits per heavy atom. The van der Waals surface area contributed by atoms with E-state index < -0.39 is 0 Å². The molecule has 0 amide bonds. The van der Waals surface area contributed by atoms with Gasteiger partial charge in [-0.2, -0.15) is 0 Å². The van der Waals surface area contributed by atoms with Gasteiger partial charge in [-0.1, -0.05) is 182 Å². The van der Waals surface area contributed by atoms with Crippen molar-refractivity contribution in [3.63, 3.8) is 0 Å². The van der Waals surface area contributed by atoms with Gasteiger partial charge in [-0.3, -0.25) is 0 Å². The lowest BCUT2D eigenvalue weighted by molar-refractivity contribution is 1.56. The molecule has 0 aliphatic heterocycles. The summed E-state index contributed by atoms with van der Waals surface area (Å²) in [6, 6.07) is 65.9. The largest absolute Gasteiger partial charge is 0.0622 e. The summed E-state index contributed by atoms with van der Waals surface area (Å²) in [6.45, 7) is 0. The summed E-state index contributed by atoms with van der Waals surface area (Å²) in [6.07, 6.45) is 0. The Morgan fingerprint density at radius 3 is 1.07 bits per heavy atom. The van der Waals surface area contributed by atoms with Gasteiger partial charge in [0.1, 0.15) is 0 Å². The van der Waals surface area contributed by atoms with Gasteiger partial charge in [0.05, 0.1) is 0 Å². The molecule has 8 aromatic rings. The number of fused-ring (bicyclic) bond motifs is 2. The SMILES string of the molecule is c1ccc(-c2ccc(-c3cccc(-c4c5ccccc5c(-c5ccccc5)c5ccccc45)c3-c3ccccc3)cc2)cc1. The zero-order valence-corrected chi connectivity index (χ0v) is 24.3. The van der Waals surface area contributed by atoms with Crippen LogP contribution in [0.3, 0.4) is 0 Å². The van der Waals surface area contributed by atoms with E-state index in [1.54, 1.807) is 0 Å². The average Bonchev–Trinajstić information content (AvgIpc) is 3.11. The summed E-state index contributed by atoms with van der Waals surface area (Å²) < 4.78 is 0. The van der Waals surface area contributed by atoms with Crippen LogP contribution in [0.1, 0.15) is 0 Å². The van der Waals surface area contributed by atoms with Crippen LogP contribution in [0, 0.1) is 0 Å². The third kappa shape index (κ3) is 4.49. The van der Waals surface area contributed by atoms with Gasteiger partial charge in [0.15, 0.2) is 0 Å². The zero-order valence-electron chi connectivity index (χ0n) is 24.3. The third-order valence-corrected chi connectivity index (χ3v) is 8.69. The van der Waals surface area contributed by atoms with Crippen molar-refractivity contribution in [1.82, 2.24) is 0 Å². The van der Waals surface area contributed by atoms with E-state index in [1.807, 2.05) is 0 Å². The zero-order chi connectivity index (χ0) is 29.3. The molecule has 0 saturated carbocycles. The average molecular weight is 559 g/mol. The number of hydrogen-bond donors (Lipinski definition) is 0. The topological polar surface area (TPSA) is 0 Å². The molecule has 44 heavy (non-hydrogen) atoms. The Hall–Kier alpha value is -5.72. The number of benzene rings is 8. The van der Waals surface area contributed by atoms with Crippen molar-refractivity contribution in [3.8, 4) is 55.6 Å². The molecule has 0 nitrogen and oxygen atoms in total. The highest BCUT2D eigenvalue weighted by Crippen LogP contribution is 2.48. The normalized spacial score (nSPS) is 11.2.